The summed E-state index contributed by atoms with van der Waals surface area (Å²) in [5.74, 6) is 1.33. The van der Waals surface area contributed by atoms with Crippen molar-refractivity contribution >= 4 is 5.82 Å². The lowest BCUT2D eigenvalue weighted by Crippen LogP contribution is -2.37. The standard InChI is InChI=1S/C14H22N2O2/c1-10(17)12-4-7-16(8-5-12)14-9-13(11(2)18)3-6-15-14/h3,6,9-12,17-18H,4-5,7-8H2,1-2H3/t10?,11-/m1/s1. The summed E-state index contributed by atoms with van der Waals surface area (Å²) in [7, 11) is 0. The second-order valence-corrected chi connectivity index (χ2v) is 5.19. The smallest absolute Gasteiger partial charge is 0.128 e. The summed E-state index contributed by atoms with van der Waals surface area (Å²) in [6.45, 7) is 5.48. The van der Waals surface area contributed by atoms with E-state index in [0.717, 1.165) is 37.3 Å². The molecule has 0 amide bonds. The van der Waals surface area contributed by atoms with Crippen molar-refractivity contribution in [3.05, 3.63) is 23.9 Å². The van der Waals surface area contributed by atoms with Gasteiger partial charge in [0.15, 0.2) is 0 Å². The molecule has 2 rings (SSSR count). The summed E-state index contributed by atoms with van der Waals surface area (Å²) in [6, 6.07) is 3.80. The Kier molecular flexibility index (Phi) is 4.19. The highest BCUT2D eigenvalue weighted by atomic mass is 16.3. The van der Waals surface area contributed by atoms with Gasteiger partial charge in [-0.3, -0.25) is 0 Å². The van der Waals surface area contributed by atoms with Crippen LogP contribution < -0.4 is 4.90 Å². The number of hydrogen-bond donors (Lipinski definition) is 2. The fourth-order valence-corrected chi connectivity index (χ4v) is 2.48. The first-order valence-electron chi connectivity index (χ1n) is 6.65. The fraction of sp³-hybridized carbons (Fsp3) is 0.643. The average Bonchev–Trinajstić information content (AvgIpc) is 2.39. The van der Waals surface area contributed by atoms with E-state index in [1.54, 1.807) is 13.1 Å². The van der Waals surface area contributed by atoms with E-state index in [1.165, 1.54) is 0 Å². The van der Waals surface area contributed by atoms with Gasteiger partial charge in [0.1, 0.15) is 5.82 Å². The number of nitrogens with zero attached hydrogens (tertiary/aromatic N) is 2. The van der Waals surface area contributed by atoms with Gasteiger partial charge in [0.25, 0.3) is 0 Å². The van der Waals surface area contributed by atoms with Crippen LogP contribution in [0.15, 0.2) is 18.3 Å². The molecule has 1 aromatic rings. The minimum absolute atomic E-state index is 0.219. The van der Waals surface area contributed by atoms with Crippen molar-refractivity contribution in [3.63, 3.8) is 0 Å². The highest BCUT2D eigenvalue weighted by Gasteiger charge is 2.23. The number of pyridine rings is 1. The zero-order valence-corrected chi connectivity index (χ0v) is 11.1. The Balaban J connectivity index is 2.03. The number of hydrogen-bond acceptors (Lipinski definition) is 4. The number of rotatable bonds is 3. The minimum Gasteiger partial charge on any atom is -0.393 e. The number of aliphatic hydroxyl groups excluding tert-OH is 2. The Morgan fingerprint density at radius 1 is 1.28 bits per heavy atom. The van der Waals surface area contributed by atoms with E-state index >= 15 is 0 Å². The molecule has 4 nitrogen and oxygen atoms in total. The molecule has 1 aliphatic heterocycles. The third-order valence-electron chi connectivity index (χ3n) is 3.80. The van der Waals surface area contributed by atoms with Crippen LogP contribution in [0.25, 0.3) is 0 Å². The third kappa shape index (κ3) is 3.00. The quantitative estimate of drug-likeness (QED) is 0.858. The van der Waals surface area contributed by atoms with Crippen LogP contribution in [0.2, 0.25) is 0 Å². The molecule has 0 aliphatic carbocycles. The fourth-order valence-electron chi connectivity index (χ4n) is 2.48. The number of aromatic nitrogens is 1. The van der Waals surface area contributed by atoms with E-state index in [0.29, 0.717) is 5.92 Å². The van der Waals surface area contributed by atoms with Gasteiger partial charge >= 0.3 is 0 Å². The highest BCUT2D eigenvalue weighted by molar-refractivity contribution is 5.41. The van der Waals surface area contributed by atoms with Crippen molar-refractivity contribution in [1.82, 2.24) is 4.98 Å². The van der Waals surface area contributed by atoms with Crippen LogP contribution in [0.3, 0.4) is 0 Å². The first-order chi connectivity index (χ1) is 8.58. The van der Waals surface area contributed by atoms with Gasteiger partial charge in [-0.1, -0.05) is 0 Å². The van der Waals surface area contributed by atoms with Gasteiger partial charge < -0.3 is 15.1 Å². The number of aliphatic hydroxyl groups is 2. The molecule has 0 saturated carbocycles. The Morgan fingerprint density at radius 3 is 2.50 bits per heavy atom. The van der Waals surface area contributed by atoms with Crippen LogP contribution >= 0.6 is 0 Å². The van der Waals surface area contributed by atoms with Gasteiger partial charge in [-0.05, 0) is 50.3 Å². The molecule has 1 saturated heterocycles. The Labute approximate surface area is 108 Å². The maximum Gasteiger partial charge on any atom is 0.128 e. The molecule has 1 unspecified atom stereocenters. The molecule has 2 N–H and O–H groups in total. The second-order valence-electron chi connectivity index (χ2n) is 5.19. The highest BCUT2D eigenvalue weighted by Crippen LogP contribution is 2.25. The predicted molar refractivity (Wildman–Crippen MR) is 71.5 cm³/mol. The van der Waals surface area contributed by atoms with E-state index in [-0.39, 0.29) is 6.10 Å². The van der Waals surface area contributed by atoms with Crippen LogP contribution in [0.4, 0.5) is 5.82 Å². The first-order valence-corrected chi connectivity index (χ1v) is 6.65. The Hall–Kier alpha value is -1.13. The molecule has 18 heavy (non-hydrogen) atoms. The number of piperidine rings is 1. The number of anilines is 1. The lowest BCUT2D eigenvalue weighted by Gasteiger charge is -2.34. The van der Waals surface area contributed by atoms with E-state index in [1.807, 2.05) is 19.1 Å². The summed E-state index contributed by atoms with van der Waals surface area (Å²) >= 11 is 0. The van der Waals surface area contributed by atoms with Crippen molar-refractivity contribution in [2.45, 2.75) is 38.9 Å². The molecule has 1 aliphatic rings. The molecule has 2 atom stereocenters. The molecule has 2 heterocycles. The van der Waals surface area contributed by atoms with Crippen LogP contribution in [-0.4, -0.2) is 34.4 Å². The third-order valence-corrected chi connectivity index (χ3v) is 3.80. The van der Waals surface area contributed by atoms with Crippen LogP contribution in [0, 0.1) is 5.92 Å². The summed E-state index contributed by atoms with van der Waals surface area (Å²) in [6.07, 6.45) is 3.07. The van der Waals surface area contributed by atoms with Gasteiger partial charge in [0.2, 0.25) is 0 Å². The SMILES string of the molecule is CC(O)C1CCN(c2cc([C@@H](C)O)ccn2)CC1. The van der Waals surface area contributed by atoms with Crippen LogP contribution in [0.1, 0.15) is 38.4 Å². The van der Waals surface area contributed by atoms with E-state index in [4.69, 9.17) is 0 Å². The Morgan fingerprint density at radius 2 is 1.94 bits per heavy atom. The van der Waals surface area contributed by atoms with Crippen molar-refractivity contribution in [2.75, 3.05) is 18.0 Å². The summed E-state index contributed by atoms with van der Waals surface area (Å²) in [5.41, 5.74) is 0.901. The minimum atomic E-state index is -0.457. The zero-order valence-electron chi connectivity index (χ0n) is 11.1. The maximum absolute atomic E-state index is 9.58. The van der Waals surface area contributed by atoms with E-state index in [2.05, 4.69) is 9.88 Å². The second kappa shape index (κ2) is 5.67. The van der Waals surface area contributed by atoms with Crippen molar-refractivity contribution in [3.8, 4) is 0 Å². The molecule has 100 valence electrons. The normalized spacial score (nSPS) is 20.8. The van der Waals surface area contributed by atoms with E-state index in [9.17, 15) is 10.2 Å². The lowest BCUT2D eigenvalue weighted by molar-refractivity contribution is 0.110. The summed E-state index contributed by atoms with van der Waals surface area (Å²) < 4.78 is 0. The lowest BCUT2D eigenvalue weighted by atomic mass is 9.92. The molecule has 0 radical (unpaired) electrons. The average molecular weight is 250 g/mol. The van der Waals surface area contributed by atoms with Crippen molar-refractivity contribution < 1.29 is 10.2 Å². The summed E-state index contributed by atoms with van der Waals surface area (Å²) in [5, 5.41) is 19.2. The van der Waals surface area contributed by atoms with Gasteiger partial charge in [-0.25, -0.2) is 4.98 Å². The summed E-state index contributed by atoms with van der Waals surface area (Å²) in [4.78, 5) is 6.59. The monoisotopic (exact) mass is 250 g/mol. The molecule has 4 heteroatoms. The zero-order chi connectivity index (χ0) is 13.1. The molecular weight excluding hydrogens is 228 g/mol. The molecule has 0 bridgehead atoms. The van der Waals surface area contributed by atoms with Gasteiger partial charge in [0, 0.05) is 19.3 Å². The van der Waals surface area contributed by atoms with Crippen LogP contribution in [0.5, 0.6) is 0 Å². The molecular formula is C14H22N2O2. The van der Waals surface area contributed by atoms with Gasteiger partial charge in [-0.2, -0.15) is 0 Å². The van der Waals surface area contributed by atoms with E-state index < -0.39 is 6.10 Å². The molecule has 0 spiro atoms. The topological polar surface area (TPSA) is 56.6 Å². The van der Waals surface area contributed by atoms with Crippen molar-refractivity contribution in [1.29, 1.82) is 0 Å². The molecule has 0 aromatic carbocycles. The molecule has 1 fully saturated rings. The van der Waals surface area contributed by atoms with Gasteiger partial charge in [-0.15, -0.1) is 0 Å². The first kappa shape index (κ1) is 13.3. The van der Waals surface area contributed by atoms with Gasteiger partial charge in [0.05, 0.1) is 12.2 Å². The maximum atomic E-state index is 9.58. The Bertz CT molecular complexity index is 385. The molecule has 1 aromatic heterocycles. The largest absolute Gasteiger partial charge is 0.393 e. The van der Waals surface area contributed by atoms with Crippen molar-refractivity contribution in [2.24, 2.45) is 5.92 Å². The predicted octanol–water partition coefficient (Wildman–Crippen LogP) is 1.73. The van der Waals surface area contributed by atoms with Crippen LogP contribution in [-0.2, 0) is 0 Å².